The Balaban J connectivity index is 0.818. The highest BCUT2D eigenvalue weighted by atomic mass is 32.2. The molecule has 330 valence electrons. The number of piperidine rings is 1. The van der Waals surface area contributed by atoms with Crippen LogP contribution in [0, 0.1) is 5.92 Å². The number of nitrogens with one attached hydrogen (secondary N) is 3. The average Bonchev–Trinajstić information content (AvgIpc) is 4.01. The van der Waals surface area contributed by atoms with Gasteiger partial charge in [0.05, 0.1) is 48.5 Å². The zero-order valence-electron chi connectivity index (χ0n) is 34.2. The monoisotopic (exact) mass is 907 g/mol. The molecule has 2 atom stereocenters. The van der Waals surface area contributed by atoms with Crippen LogP contribution in [-0.2, 0) is 35.8 Å². The lowest BCUT2D eigenvalue weighted by Crippen LogP contribution is -2.54. The second-order valence-corrected chi connectivity index (χ2v) is 18.2. The van der Waals surface area contributed by atoms with Gasteiger partial charge in [-0.1, -0.05) is 48.5 Å². The number of benzene rings is 3. The molecule has 64 heavy (non-hydrogen) atoms. The Labute approximate surface area is 370 Å². The van der Waals surface area contributed by atoms with Crippen molar-refractivity contribution in [3.05, 3.63) is 124 Å². The number of fused-ring (bicyclic) bond motifs is 1. The Morgan fingerprint density at radius 3 is 2.42 bits per heavy atom. The average molecular weight is 908 g/mol. The molecule has 0 spiro atoms. The predicted octanol–water partition coefficient (Wildman–Crippen LogP) is 3.32. The molecule has 3 aliphatic rings. The Hall–Kier alpha value is -7.03. The quantitative estimate of drug-likeness (QED) is 0.121. The van der Waals surface area contributed by atoms with Gasteiger partial charge in [0.1, 0.15) is 17.8 Å². The molecule has 3 N–H and O–H groups in total. The third-order valence-electron chi connectivity index (χ3n) is 11.0. The molecular weight excluding hydrogens is 867 g/mol. The van der Waals surface area contributed by atoms with Crippen molar-refractivity contribution in [2.75, 3.05) is 37.9 Å². The van der Waals surface area contributed by atoms with Crippen LogP contribution in [0.15, 0.2) is 96.6 Å². The lowest BCUT2D eigenvalue weighted by atomic mass is 9.95. The zero-order valence-corrected chi connectivity index (χ0v) is 35.9. The summed E-state index contributed by atoms with van der Waals surface area (Å²) in [6.45, 7) is 0.995. The van der Waals surface area contributed by atoms with Crippen LogP contribution in [0.5, 0.6) is 5.75 Å². The van der Waals surface area contributed by atoms with Gasteiger partial charge in [-0.15, -0.1) is 11.3 Å². The van der Waals surface area contributed by atoms with Crippen molar-refractivity contribution < 1.29 is 51.5 Å². The van der Waals surface area contributed by atoms with E-state index in [1.165, 1.54) is 29.7 Å². The summed E-state index contributed by atoms with van der Waals surface area (Å²) in [5.41, 5.74) is 2.93. The maximum absolute atomic E-state index is 13.5. The third-order valence-corrected chi connectivity index (χ3v) is 12.7. The smallest absolute Gasteiger partial charge is 0.266 e. The van der Waals surface area contributed by atoms with Gasteiger partial charge in [0, 0.05) is 48.4 Å². The predicted molar refractivity (Wildman–Crippen MR) is 231 cm³/mol. The number of thiazole rings is 1. The largest absolute Gasteiger partial charge is 0.493 e. The van der Waals surface area contributed by atoms with Crippen LogP contribution in [0.25, 0.3) is 11.3 Å². The first kappa shape index (κ1) is 43.6. The Morgan fingerprint density at radius 1 is 0.938 bits per heavy atom. The van der Waals surface area contributed by atoms with Gasteiger partial charge in [0.15, 0.2) is 5.13 Å². The fraction of sp³-hybridized carbons (Fsp3) is 0.273. The Bertz CT molecular complexity index is 2770. The molecule has 3 aromatic carbocycles. The summed E-state index contributed by atoms with van der Waals surface area (Å²) in [4.78, 5) is 97.6. The molecule has 7 amide bonds. The number of carbonyl (C=O) groups excluding carboxylic acids is 7. The fourth-order valence-electron chi connectivity index (χ4n) is 7.49. The van der Waals surface area contributed by atoms with Crippen LogP contribution in [-0.4, -0.2) is 113 Å². The van der Waals surface area contributed by atoms with Gasteiger partial charge in [-0.05, 0) is 54.7 Å². The van der Waals surface area contributed by atoms with E-state index in [2.05, 4.69) is 20.9 Å². The van der Waals surface area contributed by atoms with E-state index >= 15 is 0 Å². The molecule has 2 fully saturated rings. The molecule has 0 radical (unpaired) electrons. The van der Waals surface area contributed by atoms with Gasteiger partial charge in [-0.3, -0.25) is 47.8 Å². The summed E-state index contributed by atoms with van der Waals surface area (Å²) < 4.78 is 36.7. The van der Waals surface area contributed by atoms with E-state index in [4.69, 9.17) is 9.47 Å². The molecule has 0 saturated carbocycles. The second-order valence-electron chi connectivity index (χ2n) is 15.5. The van der Waals surface area contributed by atoms with Gasteiger partial charge in [0.25, 0.3) is 29.5 Å². The summed E-state index contributed by atoms with van der Waals surface area (Å²) in [5.74, 6) is -3.49. The number of hydrogen-bond acceptors (Lipinski definition) is 13. The molecular formula is C44H41N7O11S2. The summed E-state index contributed by atoms with van der Waals surface area (Å²) in [7, 11) is -3.64. The van der Waals surface area contributed by atoms with E-state index < -0.39 is 57.6 Å². The highest BCUT2D eigenvalue weighted by Crippen LogP contribution is 2.34. The van der Waals surface area contributed by atoms with Crippen LogP contribution in [0.2, 0.25) is 0 Å². The van der Waals surface area contributed by atoms with Gasteiger partial charge >= 0.3 is 0 Å². The van der Waals surface area contributed by atoms with Gasteiger partial charge in [0.2, 0.25) is 21.8 Å². The number of likely N-dealkylation sites (tertiary alicyclic amines) is 1. The molecule has 5 aromatic rings. The van der Waals surface area contributed by atoms with E-state index in [1.54, 1.807) is 46.7 Å². The molecule has 2 aromatic heterocycles. The molecule has 8 rings (SSSR count). The number of imide groups is 2. The first-order chi connectivity index (χ1) is 30.7. The van der Waals surface area contributed by atoms with Crippen molar-refractivity contribution in [3.63, 3.8) is 0 Å². The number of amides is 7. The van der Waals surface area contributed by atoms with Crippen LogP contribution < -0.4 is 20.7 Å². The number of aromatic nitrogens is 2. The summed E-state index contributed by atoms with van der Waals surface area (Å²) >= 11 is 1.21. The Kier molecular flexibility index (Phi) is 12.5. The van der Waals surface area contributed by atoms with E-state index in [0.29, 0.717) is 41.5 Å². The van der Waals surface area contributed by atoms with Crippen molar-refractivity contribution in [2.24, 2.45) is 5.92 Å². The van der Waals surface area contributed by atoms with Crippen LogP contribution in [0.3, 0.4) is 0 Å². The first-order valence-electron chi connectivity index (χ1n) is 20.2. The van der Waals surface area contributed by atoms with E-state index in [9.17, 15) is 42.0 Å². The van der Waals surface area contributed by atoms with Gasteiger partial charge in [-0.25, -0.2) is 13.4 Å². The SMILES string of the molecule is CS(=O)(=O)n1ccc(C(=O)N[C@@H](COCc2ccc(C(=O)N3CC(CCOc4cccc5c4C(=O)N(C4CCC(=O)NC4=O)C5=O)C3)cc2)C(=O)Nc2nc(-c3ccccc3)cs2)c1. The van der Waals surface area contributed by atoms with E-state index in [0.717, 1.165) is 26.9 Å². The summed E-state index contributed by atoms with van der Waals surface area (Å²) in [5, 5.41) is 9.65. The number of ether oxygens (including phenoxy) is 2. The third kappa shape index (κ3) is 9.48. The molecule has 5 heterocycles. The van der Waals surface area contributed by atoms with Crippen molar-refractivity contribution in [3.8, 4) is 17.0 Å². The zero-order chi connectivity index (χ0) is 45.1. The van der Waals surface area contributed by atoms with Crippen LogP contribution >= 0.6 is 11.3 Å². The molecule has 1 unspecified atom stereocenters. The first-order valence-corrected chi connectivity index (χ1v) is 22.9. The molecule has 20 heteroatoms. The topological polar surface area (TPSA) is 232 Å². The van der Waals surface area contributed by atoms with Crippen LogP contribution in [0.1, 0.15) is 66.3 Å². The highest BCUT2D eigenvalue weighted by molar-refractivity contribution is 7.89. The number of anilines is 1. The fourth-order valence-corrected chi connectivity index (χ4v) is 8.80. The molecule has 18 nitrogen and oxygen atoms in total. The summed E-state index contributed by atoms with van der Waals surface area (Å²) in [6, 6.07) is 20.0. The molecule has 0 bridgehead atoms. The lowest BCUT2D eigenvalue weighted by Gasteiger charge is -2.39. The van der Waals surface area contributed by atoms with Crippen LogP contribution in [0.4, 0.5) is 5.13 Å². The maximum atomic E-state index is 13.5. The van der Waals surface area contributed by atoms with E-state index in [-0.39, 0.29) is 66.9 Å². The number of hydrogen-bond donors (Lipinski definition) is 3. The van der Waals surface area contributed by atoms with Crippen molar-refractivity contribution in [1.82, 2.24) is 29.4 Å². The standard InChI is InChI=1S/C44H41N7O11S2/c1-64(59,60)50-18-16-30(22-50)38(53)45-32(39(54)48-44-46-33(25-63-44)28-6-3-2-4-7-28)24-61-23-26-10-12-29(13-11-26)41(56)49-20-27(21-49)17-19-62-35-9-5-8-31-37(35)43(58)51(42(31)57)34-14-15-36(52)47-40(34)55/h2-13,16,18,22,25,27,32,34H,14-15,17,19-21,23-24H2,1H3,(H,45,53)(H,46,48,54)(H,47,52,55)/t32-,34?/m0/s1. The molecule has 0 aliphatic carbocycles. The van der Waals surface area contributed by atoms with E-state index in [1.807, 2.05) is 30.3 Å². The van der Waals surface area contributed by atoms with Crippen molar-refractivity contribution in [2.45, 2.75) is 38.0 Å². The molecule has 2 saturated heterocycles. The van der Waals surface area contributed by atoms with Crippen molar-refractivity contribution in [1.29, 1.82) is 0 Å². The number of nitrogens with zero attached hydrogens (tertiary/aromatic N) is 4. The number of rotatable bonds is 16. The maximum Gasteiger partial charge on any atom is 0.266 e. The Morgan fingerprint density at radius 2 is 1.70 bits per heavy atom. The van der Waals surface area contributed by atoms with Crippen molar-refractivity contribution >= 4 is 67.8 Å². The highest BCUT2D eigenvalue weighted by Gasteiger charge is 2.46. The summed E-state index contributed by atoms with van der Waals surface area (Å²) in [6.07, 6.45) is 4.03. The minimum atomic E-state index is -3.64. The normalized spacial score (nSPS) is 16.8. The second kappa shape index (κ2) is 18.4. The van der Waals surface area contributed by atoms with Gasteiger partial charge < -0.3 is 25.0 Å². The lowest BCUT2D eigenvalue weighted by molar-refractivity contribution is -0.136. The minimum absolute atomic E-state index is 0.0186. The minimum Gasteiger partial charge on any atom is -0.493 e. The van der Waals surface area contributed by atoms with Gasteiger partial charge in [-0.2, -0.15) is 0 Å². The number of carbonyl (C=O) groups is 7. The molecule has 3 aliphatic heterocycles.